The number of thioether (sulfide) groups is 1. The van der Waals surface area contributed by atoms with Gasteiger partial charge in [-0.05, 0) is 36.8 Å². The second kappa shape index (κ2) is 9.66. The quantitative estimate of drug-likeness (QED) is 0.665. The molecule has 1 aromatic heterocycles. The number of hydrogen-bond acceptors (Lipinski definition) is 6. The molecule has 1 amide bonds. The largest absolute Gasteiger partial charge is 0.379 e. The van der Waals surface area contributed by atoms with Crippen LogP contribution in [0.25, 0.3) is 0 Å². The first kappa shape index (κ1) is 21.7. The summed E-state index contributed by atoms with van der Waals surface area (Å²) >= 11 is 1.23. The van der Waals surface area contributed by atoms with Crippen molar-refractivity contribution in [3.63, 3.8) is 0 Å². The normalized spacial score (nSPS) is 16.3. The Bertz CT molecular complexity index is 931. The lowest BCUT2D eigenvalue weighted by Crippen LogP contribution is -2.40. The van der Waals surface area contributed by atoms with Crippen LogP contribution >= 0.6 is 11.8 Å². The molecule has 1 aliphatic heterocycles. The van der Waals surface area contributed by atoms with Crippen LogP contribution in [-0.4, -0.2) is 55.2 Å². The van der Waals surface area contributed by atoms with E-state index < -0.39 is 15.3 Å². The molecular formula is C19H22FN3O4S2. The van der Waals surface area contributed by atoms with E-state index in [4.69, 9.17) is 4.74 Å². The lowest BCUT2D eigenvalue weighted by molar-refractivity contribution is -0.120. The highest BCUT2D eigenvalue weighted by molar-refractivity contribution is 8.00. The Labute approximate surface area is 173 Å². The van der Waals surface area contributed by atoms with Gasteiger partial charge in [-0.15, -0.1) is 0 Å². The third-order valence-electron chi connectivity index (χ3n) is 4.36. The SMILES string of the molecule is CC(Sc1ccc(S(=O)(=O)N2CCOCC2)cn1)C(=O)NCc1ccc(F)cc1. The number of amides is 1. The molecule has 2 heterocycles. The second-order valence-electron chi connectivity index (χ2n) is 6.45. The van der Waals surface area contributed by atoms with Gasteiger partial charge in [-0.3, -0.25) is 4.79 Å². The van der Waals surface area contributed by atoms with Crippen molar-refractivity contribution in [1.29, 1.82) is 0 Å². The number of halogens is 1. The number of carbonyl (C=O) groups excluding carboxylic acids is 1. The monoisotopic (exact) mass is 439 g/mol. The molecule has 0 saturated carbocycles. The van der Waals surface area contributed by atoms with E-state index in [9.17, 15) is 17.6 Å². The van der Waals surface area contributed by atoms with Gasteiger partial charge in [0.05, 0.1) is 23.5 Å². The number of aromatic nitrogens is 1. The summed E-state index contributed by atoms with van der Waals surface area (Å²) in [4.78, 5) is 16.6. The molecule has 0 bridgehead atoms. The minimum absolute atomic E-state index is 0.122. The van der Waals surface area contributed by atoms with Gasteiger partial charge in [-0.2, -0.15) is 4.31 Å². The topological polar surface area (TPSA) is 88.6 Å². The van der Waals surface area contributed by atoms with Crippen molar-refractivity contribution in [2.24, 2.45) is 0 Å². The summed E-state index contributed by atoms with van der Waals surface area (Å²) in [6, 6.07) is 9.02. The predicted molar refractivity (Wildman–Crippen MR) is 107 cm³/mol. The van der Waals surface area contributed by atoms with E-state index in [2.05, 4.69) is 10.3 Å². The number of hydrogen-bond donors (Lipinski definition) is 1. The Kier molecular flexibility index (Phi) is 7.23. The van der Waals surface area contributed by atoms with Crippen molar-refractivity contribution in [3.05, 3.63) is 54.0 Å². The van der Waals surface area contributed by atoms with Crippen LogP contribution in [-0.2, 0) is 26.1 Å². The molecule has 1 atom stereocenters. The van der Waals surface area contributed by atoms with Gasteiger partial charge >= 0.3 is 0 Å². The number of sulfonamides is 1. The van der Waals surface area contributed by atoms with Crippen LogP contribution in [0.4, 0.5) is 4.39 Å². The van der Waals surface area contributed by atoms with Crippen LogP contribution in [0.15, 0.2) is 52.5 Å². The molecule has 7 nitrogen and oxygen atoms in total. The first-order valence-electron chi connectivity index (χ1n) is 9.09. The molecule has 0 radical (unpaired) electrons. The van der Waals surface area contributed by atoms with E-state index in [1.165, 1.54) is 40.5 Å². The van der Waals surface area contributed by atoms with Gasteiger partial charge in [0, 0.05) is 25.8 Å². The summed E-state index contributed by atoms with van der Waals surface area (Å²) in [6.07, 6.45) is 1.32. The molecule has 156 valence electrons. The van der Waals surface area contributed by atoms with E-state index >= 15 is 0 Å². The van der Waals surface area contributed by atoms with Gasteiger partial charge in [-0.1, -0.05) is 23.9 Å². The van der Waals surface area contributed by atoms with E-state index in [1.54, 1.807) is 25.1 Å². The van der Waals surface area contributed by atoms with Crippen LogP contribution in [0.5, 0.6) is 0 Å². The molecular weight excluding hydrogens is 417 g/mol. The highest BCUT2D eigenvalue weighted by Gasteiger charge is 2.26. The van der Waals surface area contributed by atoms with E-state index in [0.29, 0.717) is 37.9 Å². The lowest BCUT2D eigenvalue weighted by Gasteiger charge is -2.25. The van der Waals surface area contributed by atoms with Crippen molar-refractivity contribution in [3.8, 4) is 0 Å². The Morgan fingerprint density at radius 2 is 1.93 bits per heavy atom. The fourth-order valence-corrected chi connectivity index (χ4v) is 4.86. The summed E-state index contributed by atoms with van der Waals surface area (Å²) in [6.45, 7) is 3.45. The molecule has 1 aromatic carbocycles. The maximum absolute atomic E-state index is 12.9. The minimum Gasteiger partial charge on any atom is -0.379 e. The molecule has 1 N–H and O–H groups in total. The smallest absolute Gasteiger partial charge is 0.244 e. The zero-order chi connectivity index (χ0) is 20.9. The number of benzene rings is 1. The van der Waals surface area contributed by atoms with Crippen LogP contribution in [0, 0.1) is 5.82 Å². The van der Waals surface area contributed by atoms with Crippen molar-refractivity contribution < 1.29 is 22.3 Å². The summed E-state index contributed by atoms with van der Waals surface area (Å²) in [5, 5.41) is 2.92. The molecule has 3 rings (SSSR count). The number of pyridine rings is 1. The molecule has 0 aliphatic carbocycles. The number of carbonyl (C=O) groups is 1. The molecule has 29 heavy (non-hydrogen) atoms. The average Bonchev–Trinajstić information content (AvgIpc) is 2.74. The highest BCUT2D eigenvalue weighted by Crippen LogP contribution is 2.24. The Morgan fingerprint density at radius 3 is 2.55 bits per heavy atom. The molecule has 10 heteroatoms. The first-order chi connectivity index (χ1) is 13.9. The maximum atomic E-state index is 12.9. The number of morpholine rings is 1. The summed E-state index contributed by atoms with van der Waals surface area (Å²) in [5.41, 5.74) is 0.799. The summed E-state index contributed by atoms with van der Waals surface area (Å²) in [5.74, 6) is -0.514. The first-order valence-corrected chi connectivity index (χ1v) is 11.4. The Balaban J connectivity index is 1.55. The standard InChI is InChI=1S/C19H22FN3O4S2/c1-14(19(24)22-12-15-2-4-16(20)5-3-15)28-18-7-6-17(13-21-18)29(25,26)23-8-10-27-11-9-23/h2-7,13-14H,8-12H2,1H3,(H,22,24). The fourth-order valence-electron chi connectivity index (χ4n) is 2.69. The maximum Gasteiger partial charge on any atom is 0.244 e. The summed E-state index contributed by atoms with van der Waals surface area (Å²) < 4.78 is 44.7. The van der Waals surface area contributed by atoms with Gasteiger partial charge in [0.25, 0.3) is 0 Å². The molecule has 1 saturated heterocycles. The van der Waals surface area contributed by atoms with E-state index in [1.807, 2.05) is 0 Å². The van der Waals surface area contributed by atoms with Gasteiger partial charge < -0.3 is 10.1 Å². The van der Waals surface area contributed by atoms with Crippen LogP contribution < -0.4 is 5.32 Å². The number of nitrogens with one attached hydrogen (secondary N) is 1. The van der Waals surface area contributed by atoms with Gasteiger partial charge in [0.1, 0.15) is 10.7 Å². The fraction of sp³-hybridized carbons (Fsp3) is 0.368. The zero-order valence-electron chi connectivity index (χ0n) is 15.9. The van der Waals surface area contributed by atoms with Gasteiger partial charge in [0.15, 0.2) is 0 Å². The molecule has 1 aliphatic rings. The van der Waals surface area contributed by atoms with Crippen molar-refractivity contribution >= 4 is 27.7 Å². The van der Waals surface area contributed by atoms with Crippen LogP contribution in [0.2, 0.25) is 0 Å². The van der Waals surface area contributed by atoms with Gasteiger partial charge in [-0.25, -0.2) is 17.8 Å². The molecule has 1 fully saturated rings. The minimum atomic E-state index is -3.59. The zero-order valence-corrected chi connectivity index (χ0v) is 17.5. The van der Waals surface area contributed by atoms with E-state index in [-0.39, 0.29) is 16.6 Å². The van der Waals surface area contributed by atoms with Crippen molar-refractivity contribution in [2.45, 2.75) is 28.6 Å². The predicted octanol–water partition coefficient (Wildman–Crippen LogP) is 2.04. The second-order valence-corrected chi connectivity index (χ2v) is 9.75. The van der Waals surface area contributed by atoms with Crippen molar-refractivity contribution in [1.82, 2.24) is 14.6 Å². The third kappa shape index (κ3) is 5.75. The summed E-state index contributed by atoms with van der Waals surface area (Å²) in [7, 11) is -3.59. The average molecular weight is 440 g/mol. The van der Waals surface area contributed by atoms with Crippen LogP contribution in [0.1, 0.15) is 12.5 Å². The molecule has 0 spiro atoms. The lowest BCUT2D eigenvalue weighted by atomic mass is 10.2. The Hall–Kier alpha value is -2.01. The Morgan fingerprint density at radius 1 is 1.24 bits per heavy atom. The number of ether oxygens (including phenoxy) is 1. The van der Waals surface area contributed by atoms with Crippen LogP contribution in [0.3, 0.4) is 0 Å². The highest BCUT2D eigenvalue weighted by atomic mass is 32.2. The van der Waals surface area contributed by atoms with Gasteiger partial charge in [0.2, 0.25) is 15.9 Å². The number of nitrogens with zero attached hydrogens (tertiary/aromatic N) is 2. The molecule has 2 aromatic rings. The number of rotatable bonds is 7. The molecule has 1 unspecified atom stereocenters. The third-order valence-corrected chi connectivity index (χ3v) is 7.30. The van der Waals surface area contributed by atoms with E-state index in [0.717, 1.165) is 5.56 Å². The van der Waals surface area contributed by atoms with Crippen molar-refractivity contribution in [2.75, 3.05) is 26.3 Å².